The van der Waals surface area contributed by atoms with Crippen molar-refractivity contribution in [3.05, 3.63) is 58.0 Å². The van der Waals surface area contributed by atoms with Crippen LogP contribution in [0.2, 0.25) is 5.02 Å². The second-order valence-electron chi connectivity index (χ2n) is 5.66. The summed E-state index contributed by atoms with van der Waals surface area (Å²) in [5, 5.41) is 0.0173. The van der Waals surface area contributed by atoms with Crippen LogP contribution in [0.3, 0.4) is 0 Å². The van der Waals surface area contributed by atoms with E-state index in [1.165, 1.54) is 7.11 Å². The molecule has 2 aromatic carbocycles. The number of hydrogen-bond donors (Lipinski definition) is 1. The summed E-state index contributed by atoms with van der Waals surface area (Å²) in [5.41, 5.74) is 6.10. The van der Waals surface area contributed by atoms with Crippen molar-refractivity contribution in [3.8, 4) is 11.5 Å². The summed E-state index contributed by atoms with van der Waals surface area (Å²) in [7, 11) is 1.45. The Morgan fingerprint density at radius 2 is 2.00 bits per heavy atom. The van der Waals surface area contributed by atoms with Crippen molar-refractivity contribution >= 4 is 52.2 Å². The van der Waals surface area contributed by atoms with Gasteiger partial charge >= 0.3 is 0 Å². The number of benzene rings is 2. The van der Waals surface area contributed by atoms with E-state index in [1.54, 1.807) is 48.5 Å². The molecule has 1 heterocycles. The van der Waals surface area contributed by atoms with Crippen LogP contribution in [-0.4, -0.2) is 30.8 Å². The lowest BCUT2D eigenvalue weighted by Crippen LogP contribution is -2.27. The predicted molar refractivity (Wildman–Crippen MR) is 108 cm³/mol. The van der Waals surface area contributed by atoms with Crippen LogP contribution in [0, 0.1) is 0 Å². The summed E-state index contributed by atoms with van der Waals surface area (Å²) in [6.45, 7) is -0.284. The molecule has 0 saturated carbocycles. The molecule has 144 valence electrons. The lowest BCUT2D eigenvalue weighted by atomic mass is 10.2. The first-order chi connectivity index (χ1) is 13.4. The summed E-state index contributed by atoms with van der Waals surface area (Å²) in [4.78, 5) is 37.2. The quantitative estimate of drug-likeness (QED) is 0.721. The molecule has 3 rings (SSSR count). The Bertz CT molecular complexity index is 992. The Morgan fingerprint density at radius 3 is 2.68 bits per heavy atom. The molecule has 28 heavy (non-hydrogen) atoms. The van der Waals surface area contributed by atoms with Crippen LogP contribution in [0.1, 0.15) is 5.56 Å². The van der Waals surface area contributed by atoms with Gasteiger partial charge in [-0.2, -0.15) is 0 Å². The number of rotatable bonds is 6. The molecular formula is C19H15ClN2O5S. The molecule has 0 spiro atoms. The molecule has 0 aliphatic carbocycles. The molecule has 7 nitrogen and oxygen atoms in total. The van der Waals surface area contributed by atoms with E-state index in [9.17, 15) is 14.4 Å². The summed E-state index contributed by atoms with van der Waals surface area (Å²) in [6.07, 6.45) is 1.58. The third kappa shape index (κ3) is 4.29. The molecule has 1 saturated heterocycles. The third-order valence-corrected chi connectivity index (χ3v) is 4.82. The van der Waals surface area contributed by atoms with Crippen molar-refractivity contribution in [2.24, 2.45) is 5.73 Å². The Kier molecular flexibility index (Phi) is 5.91. The van der Waals surface area contributed by atoms with E-state index in [2.05, 4.69) is 0 Å². The van der Waals surface area contributed by atoms with Gasteiger partial charge in [0.05, 0.1) is 17.7 Å². The highest BCUT2D eigenvalue weighted by Crippen LogP contribution is 2.37. The molecule has 1 aliphatic heterocycles. The first-order valence-corrected chi connectivity index (χ1v) is 9.21. The number of halogens is 1. The predicted octanol–water partition coefficient (Wildman–Crippen LogP) is 3.45. The largest absolute Gasteiger partial charge is 0.493 e. The minimum Gasteiger partial charge on any atom is -0.493 e. The monoisotopic (exact) mass is 418 g/mol. The second-order valence-corrected chi connectivity index (χ2v) is 7.09. The van der Waals surface area contributed by atoms with Gasteiger partial charge in [0, 0.05) is 5.02 Å². The fourth-order valence-corrected chi connectivity index (χ4v) is 3.52. The number of nitrogens with two attached hydrogens (primary N) is 1. The van der Waals surface area contributed by atoms with E-state index in [4.69, 9.17) is 26.8 Å². The van der Waals surface area contributed by atoms with Crippen molar-refractivity contribution in [1.29, 1.82) is 0 Å². The van der Waals surface area contributed by atoms with Crippen LogP contribution in [0.4, 0.5) is 10.5 Å². The molecular weight excluding hydrogens is 404 g/mol. The van der Waals surface area contributed by atoms with Gasteiger partial charge in [0.15, 0.2) is 18.1 Å². The molecule has 0 atom stereocenters. The molecule has 0 unspecified atom stereocenters. The van der Waals surface area contributed by atoms with E-state index >= 15 is 0 Å². The Balaban J connectivity index is 1.86. The average molecular weight is 419 g/mol. The summed E-state index contributed by atoms with van der Waals surface area (Å²) < 4.78 is 10.5. The van der Waals surface area contributed by atoms with Gasteiger partial charge in [0.25, 0.3) is 17.1 Å². The van der Waals surface area contributed by atoms with Gasteiger partial charge in [-0.05, 0) is 53.7 Å². The van der Waals surface area contributed by atoms with E-state index in [-0.39, 0.29) is 11.5 Å². The van der Waals surface area contributed by atoms with E-state index < -0.39 is 17.1 Å². The van der Waals surface area contributed by atoms with E-state index in [1.807, 2.05) is 0 Å². The molecule has 9 heteroatoms. The zero-order valence-corrected chi connectivity index (χ0v) is 16.3. The standard InChI is InChI=1S/C19H15ClN2O5S/c1-26-15-7-11(5-6-14(15)27-10-17(21)23)8-16-18(24)22(19(25)28-16)13-4-2-3-12(20)9-13/h2-9H,10H2,1H3,(H2,21,23)/b16-8+. The maximum absolute atomic E-state index is 12.7. The zero-order valence-electron chi connectivity index (χ0n) is 14.7. The molecule has 0 radical (unpaired) electrons. The molecule has 3 amide bonds. The topological polar surface area (TPSA) is 98.9 Å². The van der Waals surface area contributed by atoms with E-state index in [0.29, 0.717) is 27.8 Å². The average Bonchev–Trinajstić information content (AvgIpc) is 2.93. The summed E-state index contributed by atoms with van der Waals surface area (Å²) in [6, 6.07) is 11.4. The number of thioether (sulfide) groups is 1. The maximum Gasteiger partial charge on any atom is 0.298 e. The number of hydrogen-bond acceptors (Lipinski definition) is 6. The van der Waals surface area contributed by atoms with E-state index in [0.717, 1.165) is 16.7 Å². The Labute approximate surface area is 170 Å². The number of imide groups is 1. The highest BCUT2D eigenvalue weighted by molar-refractivity contribution is 8.19. The number of nitrogens with zero attached hydrogens (tertiary/aromatic N) is 1. The van der Waals surface area contributed by atoms with Crippen LogP contribution in [-0.2, 0) is 9.59 Å². The highest BCUT2D eigenvalue weighted by Gasteiger charge is 2.36. The van der Waals surface area contributed by atoms with Gasteiger partial charge in [0.1, 0.15) is 0 Å². The van der Waals surface area contributed by atoms with Crippen molar-refractivity contribution in [2.75, 3.05) is 18.6 Å². The normalized spacial score (nSPS) is 15.2. The van der Waals surface area contributed by atoms with Gasteiger partial charge in [-0.3, -0.25) is 14.4 Å². The summed E-state index contributed by atoms with van der Waals surface area (Å²) >= 11 is 6.78. The SMILES string of the molecule is COc1cc(/C=C2/SC(=O)N(c3cccc(Cl)c3)C2=O)ccc1OCC(N)=O. The minimum atomic E-state index is -0.610. The van der Waals surface area contributed by atoms with Gasteiger partial charge in [-0.1, -0.05) is 23.7 Å². The Hall–Kier alpha value is -2.97. The van der Waals surface area contributed by atoms with Gasteiger partial charge in [-0.25, -0.2) is 4.90 Å². The minimum absolute atomic E-state index is 0.262. The van der Waals surface area contributed by atoms with Crippen molar-refractivity contribution < 1.29 is 23.9 Å². The first kappa shape index (κ1) is 19.8. The van der Waals surface area contributed by atoms with Crippen LogP contribution in [0.5, 0.6) is 11.5 Å². The smallest absolute Gasteiger partial charge is 0.298 e. The number of carbonyl (C=O) groups is 3. The first-order valence-electron chi connectivity index (χ1n) is 8.01. The van der Waals surface area contributed by atoms with Crippen molar-refractivity contribution in [2.45, 2.75) is 0 Å². The van der Waals surface area contributed by atoms with Gasteiger partial charge in [0.2, 0.25) is 0 Å². The van der Waals surface area contributed by atoms with Crippen LogP contribution in [0.25, 0.3) is 6.08 Å². The third-order valence-electron chi connectivity index (χ3n) is 3.72. The molecule has 2 N–H and O–H groups in total. The van der Waals surface area contributed by atoms with Crippen LogP contribution in [0.15, 0.2) is 47.4 Å². The number of amides is 3. The maximum atomic E-state index is 12.7. The van der Waals surface area contributed by atoms with Crippen LogP contribution >= 0.6 is 23.4 Å². The van der Waals surface area contributed by atoms with Gasteiger partial charge < -0.3 is 15.2 Å². The van der Waals surface area contributed by atoms with Crippen molar-refractivity contribution in [1.82, 2.24) is 0 Å². The van der Waals surface area contributed by atoms with Crippen molar-refractivity contribution in [3.63, 3.8) is 0 Å². The molecule has 2 aromatic rings. The second kappa shape index (κ2) is 8.37. The number of primary amides is 1. The lowest BCUT2D eigenvalue weighted by Gasteiger charge is -2.12. The van der Waals surface area contributed by atoms with Gasteiger partial charge in [-0.15, -0.1) is 0 Å². The molecule has 1 fully saturated rings. The highest BCUT2D eigenvalue weighted by atomic mass is 35.5. The Morgan fingerprint density at radius 1 is 1.21 bits per heavy atom. The number of methoxy groups -OCH3 is 1. The lowest BCUT2D eigenvalue weighted by molar-refractivity contribution is -0.120. The number of carbonyl (C=O) groups excluding carboxylic acids is 3. The number of anilines is 1. The zero-order chi connectivity index (χ0) is 20.3. The molecule has 0 bridgehead atoms. The molecule has 0 aromatic heterocycles. The molecule has 1 aliphatic rings. The van der Waals surface area contributed by atoms with Crippen LogP contribution < -0.4 is 20.1 Å². The fraction of sp³-hybridized carbons (Fsp3) is 0.105. The summed E-state index contributed by atoms with van der Waals surface area (Å²) in [5.74, 6) is -0.347. The number of ether oxygens (including phenoxy) is 2. The fourth-order valence-electron chi connectivity index (χ4n) is 2.50.